The fourth-order valence-electron chi connectivity index (χ4n) is 1.68. The Kier molecular flexibility index (Phi) is 3.89. The smallest absolute Gasteiger partial charge is 0.240 e. The molecule has 2 rings (SSSR count). The number of nitrogens with zero attached hydrogens (tertiary/aromatic N) is 1. The van der Waals surface area contributed by atoms with Crippen LogP contribution < -0.4 is 5.32 Å². The molecular weight excluding hydrogens is 240 g/mol. The highest BCUT2D eigenvalue weighted by Gasteiger charge is 2.25. The summed E-state index contributed by atoms with van der Waals surface area (Å²) in [6, 6.07) is 2.11. The van der Waals surface area contributed by atoms with E-state index >= 15 is 0 Å². The van der Waals surface area contributed by atoms with Crippen LogP contribution in [0.1, 0.15) is 10.4 Å². The average molecular weight is 256 g/mol. The first kappa shape index (κ1) is 12.0. The Bertz CT molecular complexity index is 372. The van der Waals surface area contributed by atoms with E-state index in [2.05, 4.69) is 23.7 Å². The third-order valence-corrected chi connectivity index (χ3v) is 4.69. The first-order chi connectivity index (χ1) is 7.68. The number of thioether (sulfide) groups is 1. The molecule has 1 unspecified atom stereocenters. The van der Waals surface area contributed by atoms with Gasteiger partial charge in [-0.3, -0.25) is 10.1 Å². The maximum absolute atomic E-state index is 12.0. The highest BCUT2D eigenvalue weighted by atomic mass is 32.2. The molecule has 0 radical (unpaired) electrons. The van der Waals surface area contributed by atoms with Gasteiger partial charge < -0.3 is 4.90 Å². The van der Waals surface area contributed by atoms with E-state index in [0.29, 0.717) is 0 Å². The summed E-state index contributed by atoms with van der Waals surface area (Å²) in [5.74, 6) is 1.99. The Hall–Kier alpha value is -0.520. The lowest BCUT2D eigenvalue weighted by atomic mass is 10.2. The van der Waals surface area contributed by atoms with Crippen LogP contribution >= 0.6 is 23.1 Å². The largest absolute Gasteiger partial charge is 0.339 e. The van der Waals surface area contributed by atoms with E-state index in [1.165, 1.54) is 10.4 Å². The molecule has 16 heavy (non-hydrogen) atoms. The number of nitrogens with one attached hydrogen (secondary N) is 1. The number of hydrogen-bond donors (Lipinski definition) is 1. The normalized spacial score (nSPS) is 20.0. The van der Waals surface area contributed by atoms with E-state index in [4.69, 9.17) is 0 Å². The van der Waals surface area contributed by atoms with E-state index in [1.54, 1.807) is 23.1 Å². The van der Waals surface area contributed by atoms with Gasteiger partial charge in [0.2, 0.25) is 5.91 Å². The molecular formula is C11H16N2OS2. The second kappa shape index (κ2) is 5.21. The lowest BCUT2D eigenvalue weighted by Crippen LogP contribution is -2.42. The van der Waals surface area contributed by atoms with E-state index in [9.17, 15) is 4.79 Å². The van der Waals surface area contributed by atoms with Gasteiger partial charge in [0, 0.05) is 23.6 Å². The highest BCUT2D eigenvalue weighted by molar-refractivity contribution is 7.99. The standard InChI is InChI=1S/C11H16N2OS2/c1-8-3-4-16-10(8)5-13(2)11(14)9-6-15-7-12-9/h3-4,9,12H,5-7H2,1-2H3. The Labute approximate surface area is 104 Å². The molecule has 1 atom stereocenters. The molecule has 0 aliphatic carbocycles. The number of aryl methyl sites for hydroxylation is 1. The van der Waals surface area contributed by atoms with Crippen LogP contribution in [0.15, 0.2) is 11.4 Å². The van der Waals surface area contributed by atoms with Crippen LogP contribution in [0.3, 0.4) is 0 Å². The lowest BCUT2D eigenvalue weighted by Gasteiger charge is -2.20. The zero-order chi connectivity index (χ0) is 11.5. The van der Waals surface area contributed by atoms with Crippen LogP contribution in [0.25, 0.3) is 0 Å². The minimum atomic E-state index is 0.00951. The van der Waals surface area contributed by atoms with Crippen molar-refractivity contribution < 1.29 is 4.79 Å². The van der Waals surface area contributed by atoms with Gasteiger partial charge in [0.15, 0.2) is 0 Å². The van der Waals surface area contributed by atoms with Gasteiger partial charge in [-0.1, -0.05) is 0 Å². The van der Waals surface area contributed by atoms with Crippen molar-refractivity contribution in [2.75, 3.05) is 18.7 Å². The van der Waals surface area contributed by atoms with Gasteiger partial charge in [-0.25, -0.2) is 0 Å². The Morgan fingerprint density at radius 1 is 1.69 bits per heavy atom. The summed E-state index contributed by atoms with van der Waals surface area (Å²) in [5.41, 5.74) is 1.28. The Balaban J connectivity index is 1.94. The molecule has 1 amide bonds. The third-order valence-electron chi connectivity index (χ3n) is 2.74. The quantitative estimate of drug-likeness (QED) is 0.893. The van der Waals surface area contributed by atoms with Crippen molar-refractivity contribution in [3.63, 3.8) is 0 Å². The van der Waals surface area contributed by atoms with Gasteiger partial charge in [0.1, 0.15) is 0 Å². The van der Waals surface area contributed by atoms with Gasteiger partial charge in [-0.2, -0.15) is 0 Å². The van der Waals surface area contributed by atoms with Gasteiger partial charge in [0.05, 0.1) is 12.6 Å². The van der Waals surface area contributed by atoms with Gasteiger partial charge in [0.25, 0.3) is 0 Å². The summed E-state index contributed by atoms with van der Waals surface area (Å²) < 4.78 is 0. The summed E-state index contributed by atoms with van der Waals surface area (Å²) >= 11 is 3.50. The maximum Gasteiger partial charge on any atom is 0.240 e. The van der Waals surface area contributed by atoms with Crippen LogP contribution in [0, 0.1) is 6.92 Å². The monoisotopic (exact) mass is 256 g/mol. The predicted octanol–water partition coefficient (Wildman–Crippen LogP) is 1.68. The fourth-order valence-corrected chi connectivity index (χ4v) is 3.57. The summed E-state index contributed by atoms with van der Waals surface area (Å²) in [4.78, 5) is 15.1. The molecule has 3 nitrogen and oxygen atoms in total. The van der Waals surface area contributed by atoms with Gasteiger partial charge >= 0.3 is 0 Å². The van der Waals surface area contributed by atoms with Gasteiger partial charge in [-0.15, -0.1) is 23.1 Å². The molecule has 88 valence electrons. The second-order valence-electron chi connectivity index (χ2n) is 3.99. The number of rotatable bonds is 3. The molecule has 1 aliphatic heterocycles. The van der Waals surface area contributed by atoms with Crippen LogP contribution in [-0.2, 0) is 11.3 Å². The molecule has 0 spiro atoms. The van der Waals surface area contributed by atoms with Crippen molar-refractivity contribution in [3.05, 3.63) is 21.9 Å². The Morgan fingerprint density at radius 2 is 2.50 bits per heavy atom. The first-order valence-electron chi connectivity index (χ1n) is 5.27. The molecule has 5 heteroatoms. The number of likely N-dealkylation sites (N-methyl/N-ethyl adjacent to an activating group) is 1. The number of amides is 1. The van der Waals surface area contributed by atoms with Crippen LogP contribution in [0.2, 0.25) is 0 Å². The number of carbonyl (C=O) groups is 1. The highest BCUT2D eigenvalue weighted by Crippen LogP contribution is 2.18. The second-order valence-corrected chi connectivity index (χ2v) is 6.02. The molecule has 0 aromatic carbocycles. The van der Waals surface area contributed by atoms with Crippen molar-refractivity contribution in [2.45, 2.75) is 19.5 Å². The molecule has 1 aromatic heterocycles. The summed E-state index contributed by atoms with van der Waals surface area (Å²) in [6.07, 6.45) is 0. The predicted molar refractivity (Wildman–Crippen MR) is 69.8 cm³/mol. The zero-order valence-corrected chi connectivity index (χ0v) is 11.2. The number of hydrogen-bond acceptors (Lipinski definition) is 4. The number of thiophene rings is 1. The average Bonchev–Trinajstić information content (AvgIpc) is 2.89. The molecule has 0 bridgehead atoms. The lowest BCUT2D eigenvalue weighted by molar-refractivity contribution is -0.131. The summed E-state index contributed by atoms with van der Waals surface area (Å²) in [5, 5.41) is 5.28. The van der Waals surface area contributed by atoms with E-state index < -0.39 is 0 Å². The Morgan fingerprint density at radius 3 is 3.06 bits per heavy atom. The summed E-state index contributed by atoms with van der Waals surface area (Å²) in [7, 11) is 1.88. The van der Waals surface area contributed by atoms with Crippen LogP contribution in [-0.4, -0.2) is 35.5 Å². The van der Waals surface area contributed by atoms with Crippen molar-refractivity contribution in [2.24, 2.45) is 0 Å². The zero-order valence-electron chi connectivity index (χ0n) is 9.53. The van der Waals surface area contributed by atoms with Gasteiger partial charge in [-0.05, 0) is 23.9 Å². The van der Waals surface area contributed by atoms with Crippen molar-refractivity contribution in [3.8, 4) is 0 Å². The van der Waals surface area contributed by atoms with Crippen LogP contribution in [0.4, 0.5) is 0 Å². The van der Waals surface area contributed by atoms with Crippen molar-refractivity contribution in [1.82, 2.24) is 10.2 Å². The molecule has 1 aliphatic rings. The fraction of sp³-hybridized carbons (Fsp3) is 0.545. The van der Waals surface area contributed by atoms with E-state index in [1.807, 2.05) is 11.9 Å². The third kappa shape index (κ3) is 2.59. The molecule has 2 heterocycles. The molecule has 1 fully saturated rings. The SMILES string of the molecule is Cc1ccsc1CN(C)C(=O)C1CSCN1. The first-order valence-corrected chi connectivity index (χ1v) is 7.31. The minimum Gasteiger partial charge on any atom is -0.339 e. The molecule has 1 aromatic rings. The maximum atomic E-state index is 12.0. The molecule has 1 saturated heterocycles. The van der Waals surface area contributed by atoms with Crippen molar-refractivity contribution in [1.29, 1.82) is 0 Å². The summed E-state index contributed by atoms with van der Waals surface area (Å²) in [6.45, 7) is 2.82. The van der Waals surface area contributed by atoms with Crippen LogP contribution in [0.5, 0.6) is 0 Å². The number of carbonyl (C=O) groups excluding carboxylic acids is 1. The molecule has 1 N–H and O–H groups in total. The van der Waals surface area contributed by atoms with E-state index in [-0.39, 0.29) is 11.9 Å². The topological polar surface area (TPSA) is 32.3 Å². The van der Waals surface area contributed by atoms with E-state index in [0.717, 1.165) is 18.2 Å². The van der Waals surface area contributed by atoms with Crippen molar-refractivity contribution >= 4 is 29.0 Å². The minimum absolute atomic E-state index is 0.00951. The molecule has 0 saturated carbocycles.